The number of hydrazine groups is 1. The van der Waals surface area contributed by atoms with Crippen LogP contribution < -0.4 is 16.2 Å². The molecule has 1 aliphatic carbocycles. The largest absolute Gasteiger partial charge is 0.331 e. The number of fused-ring (bicyclic) bond motifs is 1. The molecule has 0 aliphatic heterocycles. The van der Waals surface area contributed by atoms with Crippen LogP contribution in [0, 0.1) is 11.7 Å². The maximum atomic E-state index is 12.9. The number of nitrogens with one attached hydrogen (secondary N) is 3. The van der Waals surface area contributed by atoms with E-state index in [2.05, 4.69) is 23.1 Å². The Morgan fingerprint density at radius 2 is 2.04 bits per heavy atom. The minimum atomic E-state index is -0.316. The van der Waals surface area contributed by atoms with Crippen molar-refractivity contribution in [1.82, 2.24) is 10.9 Å². The van der Waals surface area contributed by atoms with Gasteiger partial charge in [0.05, 0.1) is 4.88 Å². The SMILES string of the molecule is C[C@H]1CCc2sc(C(=O)NNC(=S)Nc3ccc(F)cc3)cc2C1. The molecule has 0 saturated heterocycles. The van der Waals surface area contributed by atoms with E-state index in [1.54, 1.807) is 23.5 Å². The second-order valence-corrected chi connectivity index (χ2v) is 7.49. The number of rotatable bonds is 2. The van der Waals surface area contributed by atoms with Gasteiger partial charge in [-0.15, -0.1) is 11.3 Å². The molecule has 4 nitrogen and oxygen atoms in total. The molecule has 1 atom stereocenters. The Bertz CT molecular complexity index is 758. The van der Waals surface area contributed by atoms with Crippen molar-refractivity contribution in [3.63, 3.8) is 0 Å². The predicted molar refractivity (Wildman–Crippen MR) is 98.7 cm³/mol. The van der Waals surface area contributed by atoms with Crippen LogP contribution in [0.4, 0.5) is 10.1 Å². The minimum absolute atomic E-state index is 0.203. The van der Waals surface area contributed by atoms with Crippen LogP contribution in [0.1, 0.15) is 33.5 Å². The molecule has 0 saturated carbocycles. The molecule has 126 valence electrons. The summed E-state index contributed by atoms with van der Waals surface area (Å²) in [5.41, 5.74) is 7.19. The molecule has 0 radical (unpaired) electrons. The highest BCUT2D eigenvalue weighted by Crippen LogP contribution is 2.32. The van der Waals surface area contributed by atoms with Crippen molar-refractivity contribution < 1.29 is 9.18 Å². The lowest BCUT2D eigenvalue weighted by Crippen LogP contribution is -2.43. The Morgan fingerprint density at radius 3 is 2.79 bits per heavy atom. The van der Waals surface area contributed by atoms with Crippen molar-refractivity contribution in [2.75, 3.05) is 5.32 Å². The number of hydrogen-bond donors (Lipinski definition) is 3. The summed E-state index contributed by atoms with van der Waals surface area (Å²) in [6, 6.07) is 7.78. The fourth-order valence-corrected chi connectivity index (χ4v) is 3.96. The summed E-state index contributed by atoms with van der Waals surface area (Å²) in [7, 11) is 0. The Morgan fingerprint density at radius 1 is 1.29 bits per heavy atom. The van der Waals surface area contributed by atoms with Gasteiger partial charge in [0.25, 0.3) is 5.91 Å². The zero-order valence-electron chi connectivity index (χ0n) is 13.2. The third-order valence-corrected chi connectivity index (χ3v) is 5.38. The van der Waals surface area contributed by atoms with E-state index in [-0.39, 0.29) is 16.8 Å². The van der Waals surface area contributed by atoms with Gasteiger partial charge in [-0.05, 0) is 73.3 Å². The molecule has 2 aromatic rings. The smallest absolute Gasteiger partial charge is 0.279 e. The van der Waals surface area contributed by atoms with Crippen molar-refractivity contribution in [3.05, 3.63) is 51.5 Å². The van der Waals surface area contributed by atoms with Crippen molar-refractivity contribution in [1.29, 1.82) is 0 Å². The van der Waals surface area contributed by atoms with Crippen LogP contribution in [0.25, 0.3) is 0 Å². The fraction of sp³-hybridized carbons (Fsp3) is 0.294. The first-order valence-electron chi connectivity index (χ1n) is 7.76. The van der Waals surface area contributed by atoms with E-state index in [9.17, 15) is 9.18 Å². The maximum Gasteiger partial charge on any atom is 0.279 e. The van der Waals surface area contributed by atoms with Crippen molar-refractivity contribution in [2.45, 2.75) is 26.2 Å². The van der Waals surface area contributed by atoms with Gasteiger partial charge in [-0.2, -0.15) is 0 Å². The quantitative estimate of drug-likeness (QED) is 0.563. The van der Waals surface area contributed by atoms with Gasteiger partial charge in [0.15, 0.2) is 5.11 Å². The number of halogens is 1. The molecule has 1 heterocycles. The highest BCUT2D eigenvalue weighted by Gasteiger charge is 2.20. The Balaban J connectivity index is 1.53. The van der Waals surface area contributed by atoms with Crippen LogP contribution in [0.5, 0.6) is 0 Å². The van der Waals surface area contributed by atoms with Crippen LogP contribution >= 0.6 is 23.6 Å². The van der Waals surface area contributed by atoms with Gasteiger partial charge in [-0.25, -0.2) is 4.39 Å². The molecule has 7 heteroatoms. The van der Waals surface area contributed by atoms with Crippen LogP contribution in [-0.2, 0) is 12.8 Å². The second kappa shape index (κ2) is 7.27. The van der Waals surface area contributed by atoms with E-state index in [1.807, 2.05) is 6.07 Å². The molecule has 0 unspecified atom stereocenters. The number of anilines is 1. The van der Waals surface area contributed by atoms with Gasteiger partial charge in [0, 0.05) is 10.6 Å². The first-order chi connectivity index (χ1) is 11.5. The number of thiophene rings is 1. The Kier molecular flexibility index (Phi) is 5.11. The summed E-state index contributed by atoms with van der Waals surface area (Å²) in [6.07, 6.45) is 3.27. The van der Waals surface area contributed by atoms with E-state index in [4.69, 9.17) is 12.2 Å². The van der Waals surface area contributed by atoms with Gasteiger partial charge < -0.3 is 5.32 Å². The molecular formula is C17H18FN3OS2. The van der Waals surface area contributed by atoms with E-state index < -0.39 is 0 Å². The van der Waals surface area contributed by atoms with Crippen LogP contribution in [0.2, 0.25) is 0 Å². The third-order valence-electron chi connectivity index (χ3n) is 3.94. The number of hydrogen-bond acceptors (Lipinski definition) is 3. The van der Waals surface area contributed by atoms with Crippen molar-refractivity contribution >= 4 is 40.3 Å². The summed E-state index contributed by atoms with van der Waals surface area (Å²) in [4.78, 5) is 14.2. The molecule has 3 rings (SSSR count). The minimum Gasteiger partial charge on any atom is -0.331 e. The van der Waals surface area contributed by atoms with Crippen LogP contribution in [0.15, 0.2) is 30.3 Å². The molecule has 0 fully saturated rings. The van der Waals surface area contributed by atoms with Gasteiger partial charge in [-0.1, -0.05) is 6.92 Å². The van der Waals surface area contributed by atoms with E-state index in [0.29, 0.717) is 16.5 Å². The fourth-order valence-electron chi connectivity index (χ4n) is 2.69. The number of thiocarbonyl (C=S) groups is 1. The predicted octanol–water partition coefficient (Wildman–Crippen LogP) is 3.64. The van der Waals surface area contributed by atoms with Crippen molar-refractivity contribution in [3.8, 4) is 0 Å². The first kappa shape index (κ1) is 16.9. The average Bonchev–Trinajstić information content (AvgIpc) is 2.98. The summed E-state index contributed by atoms with van der Waals surface area (Å²) < 4.78 is 12.9. The molecular weight excluding hydrogens is 345 g/mol. The molecule has 24 heavy (non-hydrogen) atoms. The summed E-state index contributed by atoms with van der Waals surface area (Å²) >= 11 is 6.66. The zero-order chi connectivity index (χ0) is 17.1. The first-order valence-corrected chi connectivity index (χ1v) is 8.98. The van der Waals surface area contributed by atoms with Gasteiger partial charge in [-0.3, -0.25) is 15.6 Å². The summed E-state index contributed by atoms with van der Waals surface area (Å²) in [5, 5.41) is 3.11. The Hall–Kier alpha value is -1.99. The van der Waals surface area contributed by atoms with Gasteiger partial charge in [0.2, 0.25) is 0 Å². The molecule has 0 spiro atoms. The Labute approximate surface area is 149 Å². The standard InChI is InChI=1S/C17H18FN3OS2/c1-10-2-7-14-11(8-10)9-15(24-14)16(22)20-21-17(23)19-13-5-3-12(18)4-6-13/h3-6,9-10H,2,7-8H2,1H3,(H,20,22)(H2,19,21,23)/t10-/m0/s1. The van der Waals surface area contributed by atoms with Crippen molar-refractivity contribution in [2.24, 2.45) is 5.92 Å². The molecule has 1 aliphatic rings. The monoisotopic (exact) mass is 363 g/mol. The number of aryl methyl sites for hydroxylation is 1. The van der Waals surface area contributed by atoms with E-state index in [1.165, 1.54) is 29.0 Å². The zero-order valence-corrected chi connectivity index (χ0v) is 14.8. The van der Waals surface area contributed by atoms with Crippen LogP contribution in [0.3, 0.4) is 0 Å². The summed E-state index contributed by atoms with van der Waals surface area (Å²) in [6.45, 7) is 2.24. The van der Waals surface area contributed by atoms with E-state index >= 15 is 0 Å². The lowest BCUT2D eigenvalue weighted by Gasteiger charge is -2.16. The number of amides is 1. The molecule has 1 aromatic carbocycles. The third kappa shape index (κ3) is 4.10. The molecule has 0 bridgehead atoms. The van der Waals surface area contributed by atoms with Gasteiger partial charge in [0.1, 0.15) is 5.82 Å². The lowest BCUT2D eigenvalue weighted by molar-refractivity contribution is 0.0948. The highest BCUT2D eigenvalue weighted by atomic mass is 32.1. The maximum absolute atomic E-state index is 12.9. The molecule has 1 amide bonds. The van der Waals surface area contributed by atoms with Crippen LogP contribution in [-0.4, -0.2) is 11.0 Å². The normalized spacial score (nSPS) is 16.2. The summed E-state index contributed by atoms with van der Waals surface area (Å²) in [5.74, 6) is 0.155. The average molecular weight is 363 g/mol. The molecule has 1 aromatic heterocycles. The van der Waals surface area contributed by atoms with Gasteiger partial charge >= 0.3 is 0 Å². The topological polar surface area (TPSA) is 53.2 Å². The van der Waals surface area contributed by atoms with E-state index in [0.717, 1.165) is 12.8 Å². The number of carbonyl (C=O) groups excluding carboxylic acids is 1. The lowest BCUT2D eigenvalue weighted by atomic mass is 9.90. The number of carbonyl (C=O) groups is 1. The molecule has 3 N–H and O–H groups in total. The highest BCUT2D eigenvalue weighted by molar-refractivity contribution is 7.80. The number of benzene rings is 1. The second-order valence-electron chi connectivity index (χ2n) is 5.95.